The Balaban J connectivity index is 1.11. The monoisotopic (exact) mass is 626 g/mol. The molecule has 11 atom stereocenters. The van der Waals surface area contributed by atoms with Crippen LogP contribution in [0.1, 0.15) is 117 Å². The smallest absolute Gasteiger partial charge is 0.189 e. The number of nitrogens with two attached hydrogens (primary N) is 2. The van der Waals surface area contributed by atoms with Crippen LogP contribution in [0.3, 0.4) is 0 Å². The van der Waals surface area contributed by atoms with E-state index < -0.39 is 5.60 Å². The Morgan fingerprint density at radius 2 is 1.73 bits per heavy atom. The molecular weight excluding hydrogens is 564 g/mol. The molecule has 9 nitrogen and oxygen atoms in total. The third-order valence-corrected chi connectivity index (χ3v) is 14.0. The van der Waals surface area contributed by atoms with Crippen LogP contribution in [0, 0.1) is 40.4 Å². The lowest BCUT2D eigenvalue weighted by Gasteiger charge is -2.58. The summed E-state index contributed by atoms with van der Waals surface area (Å²) in [5, 5.41) is 28.1. The number of ether oxygens (including phenoxy) is 1. The highest BCUT2D eigenvalue weighted by atomic mass is 16.6. The number of epoxide rings is 1. The number of aliphatic hydroxyl groups is 2. The van der Waals surface area contributed by atoms with Gasteiger partial charge in [-0.3, -0.25) is 9.98 Å². The van der Waals surface area contributed by atoms with Crippen molar-refractivity contribution in [2.24, 2.45) is 61.9 Å². The molecule has 6 rings (SSSR count). The van der Waals surface area contributed by atoms with Gasteiger partial charge in [0.05, 0.1) is 23.4 Å². The second kappa shape index (κ2) is 12.3. The molecule has 11 unspecified atom stereocenters. The zero-order valence-electron chi connectivity index (χ0n) is 28.5. The van der Waals surface area contributed by atoms with Crippen LogP contribution in [0.4, 0.5) is 0 Å². The van der Waals surface area contributed by atoms with Crippen molar-refractivity contribution in [2.45, 2.75) is 146 Å². The molecule has 45 heavy (non-hydrogen) atoms. The second-order valence-electron chi connectivity index (χ2n) is 16.8. The number of allylic oxidation sites excluding steroid dienone is 1. The van der Waals surface area contributed by atoms with Crippen LogP contribution in [-0.2, 0) is 4.74 Å². The minimum atomic E-state index is -0.679. The largest absolute Gasteiger partial charge is 0.393 e. The lowest BCUT2D eigenvalue weighted by atomic mass is 9.46. The molecule has 0 amide bonds. The van der Waals surface area contributed by atoms with Gasteiger partial charge in [0.1, 0.15) is 6.17 Å². The summed E-state index contributed by atoms with van der Waals surface area (Å²) < 4.78 is 6.70. The summed E-state index contributed by atoms with van der Waals surface area (Å²) in [5.41, 5.74) is 13.5. The molecule has 1 heterocycles. The van der Waals surface area contributed by atoms with E-state index in [0.29, 0.717) is 59.4 Å². The van der Waals surface area contributed by atoms with E-state index >= 15 is 0 Å². The van der Waals surface area contributed by atoms with E-state index in [1.807, 2.05) is 0 Å². The molecule has 0 aromatic heterocycles. The molecule has 8 N–H and O–H groups in total. The summed E-state index contributed by atoms with van der Waals surface area (Å²) in [6, 6.07) is 0. The van der Waals surface area contributed by atoms with E-state index in [4.69, 9.17) is 22.8 Å². The number of rotatable bonds is 7. The summed E-state index contributed by atoms with van der Waals surface area (Å²) in [5.74, 6) is 3.77. The normalized spacial score (nSPS) is 47.6. The summed E-state index contributed by atoms with van der Waals surface area (Å²) in [6.07, 6.45) is 16.7. The molecule has 1 saturated heterocycles. The SMILES string of the molecule is C=C1CC2(CCC(CCC3(O)CCCC(O)C3)C2)C2OC2(C)CCC2C1CC2(C)C1CCC(C(NC(N)=NC)NC(N)=NC)C1. The first-order valence-corrected chi connectivity index (χ1v) is 18.1. The summed E-state index contributed by atoms with van der Waals surface area (Å²) in [4.78, 5) is 8.26. The van der Waals surface area contributed by atoms with Gasteiger partial charge in [0.15, 0.2) is 11.9 Å². The first-order valence-electron chi connectivity index (χ1n) is 18.1. The zero-order valence-corrected chi connectivity index (χ0v) is 28.5. The van der Waals surface area contributed by atoms with Gasteiger partial charge in [-0.1, -0.05) is 19.1 Å². The average molecular weight is 627 g/mol. The lowest BCUT2D eigenvalue weighted by Crippen LogP contribution is -2.56. The molecule has 5 aliphatic carbocycles. The Morgan fingerprint density at radius 1 is 1.00 bits per heavy atom. The molecule has 0 aromatic carbocycles. The molecule has 0 bridgehead atoms. The van der Waals surface area contributed by atoms with Gasteiger partial charge in [-0.15, -0.1) is 0 Å². The molecule has 6 fully saturated rings. The topological polar surface area (TPSA) is 154 Å². The van der Waals surface area contributed by atoms with Crippen molar-refractivity contribution in [2.75, 3.05) is 14.1 Å². The maximum absolute atomic E-state index is 11.2. The molecule has 6 aliphatic rings. The maximum Gasteiger partial charge on any atom is 0.189 e. The second-order valence-corrected chi connectivity index (χ2v) is 16.8. The summed E-state index contributed by atoms with van der Waals surface area (Å²) in [6.45, 7) is 9.76. The van der Waals surface area contributed by atoms with Gasteiger partial charge in [-0.05, 0) is 138 Å². The van der Waals surface area contributed by atoms with Gasteiger partial charge in [0, 0.05) is 25.9 Å². The fourth-order valence-electron chi connectivity index (χ4n) is 11.4. The van der Waals surface area contributed by atoms with Crippen LogP contribution >= 0.6 is 0 Å². The first kappa shape index (κ1) is 33.1. The molecule has 1 aliphatic heterocycles. The number of guanidine groups is 2. The number of hydrogen-bond donors (Lipinski definition) is 6. The van der Waals surface area contributed by atoms with Crippen molar-refractivity contribution < 1.29 is 14.9 Å². The highest BCUT2D eigenvalue weighted by Gasteiger charge is 2.67. The van der Waals surface area contributed by atoms with Gasteiger partial charge >= 0.3 is 0 Å². The number of nitrogens with zero attached hydrogens (tertiary/aromatic N) is 2. The molecule has 1 spiro atoms. The molecule has 0 aromatic rings. The Bertz CT molecular complexity index is 1160. The summed E-state index contributed by atoms with van der Waals surface area (Å²) >= 11 is 0. The fourth-order valence-corrected chi connectivity index (χ4v) is 11.4. The van der Waals surface area contributed by atoms with Crippen LogP contribution in [0.25, 0.3) is 0 Å². The molecule has 0 radical (unpaired) electrons. The number of nitrogens with one attached hydrogen (secondary N) is 2. The van der Waals surface area contributed by atoms with Crippen molar-refractivity contribution in [1.29, 1.82) is 0 Å². The fraction of sp³-hybridized carbons (Fsp3) is 0.889. The Morgan fingerprint density at radius 3 is 2.42 bits per heavy atom. The van der Waals surface area contributed by atoms with Gasteiger partial charge in [-0.25, -0.2) is 0 Å². The predicted octanol–water partition coefficient (Wildman–Crippen LogP) is 4.57. The third-order valence-electron chi connectivity index (χ3n) is 14.0. The van der Waals surface area contributed by atoms with Crippen molar-refractivity contribution >= 4 is 11.9 Å². The Kier molecular flexibility index (Phi) is 9.05. The zero-order chi connectivity index (χ0) is 32.2. The van der Waals surface area contributed by atoms with E-state index in [1.165, 1.54) is 44.1 Å². The highest BCUT2D eigenvalue weighted by molar-refractivity contribution is 5.81. The van der Waals surface area contributed by atoms with Crippen LogP contribution in [-0.4, -0.2) is 65.8 Å². The van der Waals surface area contributed by atoms with Crippen LogP contribution in [0.15, 0.2) is 22.1 Å². The maximum atomic E-state index is 11.2. The molecule has 254 valence electrons. The Hall–Kier alpha value is -1.84. The van der Waals surface area contributed by atoms with Crippen molar-refractivity contribution in [3.8, 4) is 0 Å². The van der Waals surface area contributed by atoms with Gasteiger partial charge in [0.25, 0.3) is 0 Å². The van der Waals surface area contributed by atoms with Gasteiger partial charge in [0.2, 0.25) is 0 Å². The van der Waals surface area contributed by atoms with E-state index in [-0.39, 0.29) is 23.3 Å². The summed E-state index contributed by atoms with van der Waals surface area (Å²) in [7, 11) is 3.40. The van der Waals surface area contributed by atoms with Gasteiger partial charge < -0.3 is 37.1 Å². The quantitative estimate of drug-likeness (QED) is 0.0796. The molecule has 5 saturated carbocycles. The van der Waals surface area contributed by atoms with Gasteiger partial charge in [-0.2, -0.15) is 0 Å². The molecule has 9 heteroatoms. The van der Waals surface area contributed by atoms with Crippen LogP contribution < -0.4 is 22.1 Å². The van der Waals surface area contributed by atoms with E-state index in [0.717, 1.165) is 57.8 Å². The number of aliphatic hydroxyl groups excluding tert-OH is 1. The van der Waals surface area contributed by atoms with Crippen LogP contribution in [0.2, 0.25) is 0 Å². The van der Waals surface area contributed by atoms with E-state index in [9.17, 15) is 10.2 Å². The first-order chi connectivity index (χ1) is 21.3. The predicted molar refractivity (Wildman–Crippen MR) is 180 cm³/mol. The number of hydrogen-bond acceptors (Lipinski definition) is 5. The van der Waals surface area contributed by atoms with Crippen molar-refractivity contribution in [3.63, 3.8) is 0 Å². The van der Waals surface area contributed by atoms with E-state index in [2.05, 4.69) is 34.5 Å². The minimum absolute atomic E-state index is 0.0165. The van der Waals surface area contributed by atoms with Crippen molar-refractivity contribution in [1.82, 2.24) is 10.6 Å². The average Bonchev–Trinajstić information content (AvgIpc) is 3.30. The lowest BCUT2D eigenvalue weighted by molar-refractivity contribution is -0.0697. The standard InChI is InChI=1S/C36H62N6O3/c1-22-18-35(15-10-23(19-35)11-16-36(44)13-6-7-26(43)20-36)30-34(3,45-30)14-12-28-27(22)21-33(28,2)25-9-8-24(17-25)29(41-31(37)39-4)42-32(38)40-5/h23-30,43-44H,1,6-21H2,2-5H3,(H3,37,39,41)(H3,38,40,42). The molecular formula is C36H62N6O3. The number of aliphatic imine (C=N–C) groups is 2. The third kappa shape index (κ3) is 6.39. The highest BCUT2D eigenvalue weighted by Crippen LogP contribution is 2.69. The number of fused-ring (bicyclic) bond motifs is 3. The Labute approximate surface area is 271 Å². The van der Waals surface area contributed by atoms with Crippen LogP contribution in [0.5, 0.6) is 0 Å². The minimum Gasteiger partial charge on any atom is -0.393 e. The van der Waals surface area contributed by atoms with E-state index in [1.54, 1.807) is 14.1 Å². The van der Waals surface area contributed by atoms with Crippen molar-refractivity contribution in [3.05, 3.63) is 12.2 Å².